The molecule has 3 aliphatic rings. The summed E-state index contributed by atoms with van der Waals surface area (Å²) in [5, 5.41) is 3.04. The number of rotatable bonds is 12. The first-order valence-electron chi connectivity index (χ1n) is 16.8. The monoisotopic (exact) mass is 629 g/mol. The quantitative estimate of drug-likeness (QED) is 0.219. The molecule has 2 heterocycles. The van der Waals surface area contributed by atoms with Gasteiger partial charge in [0.2, 0.25) is 5.91 Å². The molecule has 2 N–H and O–H groups in total. The minimum Gasteiger partial charge on any atom is -0.457 e. The molecule has 6 rings (SSSR count). The molecule has 2 aromatic carbocycles. The van der Waals surface area contributed by atoms with Gasteiger partial charge in [0.25, 0.3) is 0 Å². The highest BCUT2D eigenvalue weighted by Gasteiger charge is 2.34. The molecule has 1 amide bonds. The Bertz CT molecular complexity index is 1430. The fourth-order valence-corrected chi connectivity index (χ4v) is 8.16. The minimum absolute atomic E-state index is 0.158. The van der Waals surface area contributed by atoms with E-state index in [0.29, 0.717) is 38.0 Å². The zero-order valence-corrected chi connectivity index (χ0v) is 27.4. The van der Waals surface area contributed by atoms with Gasteiger partial charge in [-0.2, -0.15) is 0 Å². The van der Waals surface area contributed by atoms with Gasteiger partial charge in [-0.05, 0) is 68.4 Å². The van der Waals surface area contributed by atoms with E-state index in [1.807, 2.05) is 42.5 Å². The second-order valence-corrected chi connectivity index (χ2v) is 13.7. The third-order valence-corrected chi connectivity index (χ3v) is 10.6. The Kier molecular flexibility index (Phi) is 10.7. The molecule has 0 unspecified atom stereocenters. The number of para-hydroxylation sites is 1. The fourth-order valence-electron chi connectivity index (χ4n) is 7.40. The number of amides is 1. The number of fused-ring (bicyclic) bond motifs is 1. The molecule has 2 aliphatic carbocycles. The van der Waals surface area contributed by atoms with Gasteiger partial charge in [0.1, 0.15) is 16.5 Å². The summed E-state index contributed by atoms with van der Waals surface area (Å²) in [6.07, 6.45) is 13.1. The number of thiazole rings is 1. The number of methoxy groups -OCH3 is 1. The van der Waals surface area contributed by atoms with Crippen LogP contribution in [0.3, 0.4) is 0 Å². The van der Waals surface area contributed by atoms with Crippen LogP contribution in [-0.2, 0) is 29.2 Å². The summed E-state index contributed by atoms with van der Waals surface area (Å²) in [5.41, 5.74) is 9.66. The van der Waals surface area contributed by atoms with Crippen molar-refractivity contribution >= 4 is 28.9 Å². The molecule has 1 atom stereocenters. The molecule has 0 spiro atoms. The van der Waals surface area contributed by atoms with Crippen LogP contribution in [0.25, 0.3) is 0 Å². The van der Waals surface area contributed by atoms with Gasteiger partial charge < -0.3 is 25.0 Å². The van der Waals surface area contributed by atoms with Crippen LogP contribution < -0.4 is 10.5 Å². The molecule has 45 heavy (non-hydrogen) atoms. The zero-order valence-electron chi connectivity index (χ0n) is 26.5. The predicted molar refractivity (Wildman–Crippen MR) is 180 cm³/mol. The Morgan fingerprint density at radius 3 is 2.53 bits per heavy atom. The molecule has 2 fully saturated rings. The largest absolute Gasteiger partial charge is 0.457 e. The SMILES string of the molecule is COCc1nc(CN(C(=O)CC[C@@H](C2CCCCC2)N2Cc3cc(Oc4ccccc4)ccc3N=C2N)C2CCCCC2)cs1. The Labute approximate surface area is 271 Å². The number of nitrogens with two attached hydrogens (primary N) is 1. The number of carbonyl (C=O) groups excluding carboxylic acids is 1. The van der Waals surface area contributed by atoms with Crippen molar-refractivity contribution < 1.29 is 14.3 Å². The van der Waals surface area contributed by atoms with Crippen molar-refractivity contribution in [2.75, 3.05) is 7.11 Å². The van der Waals surface area contributed by atoms with E-state index in [-0.39, 0.29) is 18.0 Å². The fraction of sp³-hybridized carbons (Fsp3) is 0.528. The van der Waals surface area contributed by atoms with Crippen LogP contribution in [0.4, 0.5) is 5.69 Å². The summed E-state index contributed by atoms with van der Waals surface area (Å²) in [6, 6.07) is 16.3. The lowest BCUT2D eigenvalue weighted by Gasteiger charge is -2.42. The van der Waals surface area contributed by atoms with Crippen LogP contribution in [-0.4, -0.2) is 45.8 Å². The predicted octanol–water partition coefficient (Wildman–Crippen LogP) is 7.93. The Hall–Kier alpha value is -3.43. The molecule has 0 radical (unpaired) electrons. The molecular formula is C36H47N5O3S. The summed E-state index contributed by atoms with van der Waals surface area (Å²) in [4.78, 5) is 28.2. The molecule has 0 bridgehead atoms. The normalized spacial score (nSPS) is 18.2. The van der Waals surface area contributed by atoms with Gasteiger partial charge in [-0.15, -0.1) is 11.3 Å². The molecule has 2 saturated carbocycles. The first kappa shape index (κ1) is 31.5. The zero-order chi connectivity index (χ0) is 31.0. The molecule has 0 saturated heterocycles. The maximum atomic E-state index is 14.1. The second-order valence-electron chi connectivity index (χ2n) is 12.8. The van der Waals surface area contributed by atoms with Crippen molar-refractivity contribution in [2.24, 2.45) is 16.6 Å². The summed E-state index contributed by atoms with van der Waals surface area (Å²) >= 11 is 1.61. The smallest absolute Gasteiger partial charge is 0.223 e. The first-order valence-corrected chi connectivity index (χ1v) is 17.6. The third kappa shape index (κ3) is 8.05. The second kappa shape index (κ2) is 15.2. The highest BCUT2D eigenvalue weighted by molar-refractivity contribution is 7.09. The number of hydrogen-bond acceptors (Lipinski definition) is 8. The number of aliphatic imine (C=N–C) groups is 1. The number of ether oxygens (including phenoxy) is 2. The first-order chi connectivity index (χ1) is 22.1. The van der Waals surface area contributed by atoms with E-state index in [0.717, 1.165) is 52.7 Å². The van der Waals surface area contributed by atoms with Gasteiger partial charge in [-0.3, -0.25) is 4.79 Å². The Morgan fingerprint density at radius 1 is 1.02 bits per heavy atom. The standard InChI is InChI=1S/C36H47N5O3S/c1-43-24-34-38-28(25-45-34)23-40(29-13-7-3-8-14-29)35(42)20-19-33(26-11-5-2-6-12-26)41-22-27-21-31(17-18-32(27)39-36(41)37)44-30-15-9-4-10-16-30/h4,9-10,15-18,21,25-26,29,33H,2-3,5-8,11-14,19-20,22-24H2,1H3,(H2,37,39)/t33-/m0/s1. The average Bonchev–Trinajstić information content (AvgIpc) is 3.52. The summed E-state index contributed by atoms with van der Waals surface area (Å²) in [7, 11) is 1.69. The van der Waals surface area contributed by atoms with Gasteiger partial charge in [-0.25, -0.2) is 9.98 Å². The van der Waals surface area contributed by atoms with Crippen molar-refractivity contribution in [3.8, 4) is 11.5 Å². The van der Waals surface area contributed by atoms with Crippen LogP contribution in [0.1, 0.15) is 93.3 Å². The average molecular weight is 630 g/mol. The number of guanidine groups is 1. The van der Waals surface area contributed by atoms with E-state index in [9.17, 15) is 4.79 Å². The van der Waals surface area contributed by atoms with Crippen LogP contribution in [0.15, 0.2) is 58.9 Å². The lowest BCUT2D eigenvalue weighted by molar-refractivity contribution is -0.135. The van der Waals surface area contributed by atoms with Gasteiger partial charge in [0.15, 0.2) is 5.96 Å². The number of aromatic nitrogens is 1. The van der Waals surface area contributed by atoms with Crippen molar-refractivity contribution in [3.63, 3.8) is 0 Å². The molecular weight excluding hydrogens is 582 g/mol. The van der Waals surface area contributed by atoms with E-state index in [1.165, 1.54) is 51.4 Å². The van der Waals surface area contributed by atoms with Crippen LogP contribution in [0, 0.1) is 5.92 Å². The van der Waals surface area contributed by atoms with E-state index in [1.54, 1.807) is 18.4 Å². The van der Waals surface area contributed by atoms with Crippen LogP contribution in [0.5, 0.6) is 11.5 Å². The molecule has 1 aromatic heterocycles. The molecule has 3 aromatic rings. The Morgan fingerprint density at radius 2 is 1.78 bits per heavy atom. The van der Waals surface area contributed by atoms with Gasteiger partial charge >= 0.3 is 0 Å². The summed E-state index contributed by atoms with van der Waals surface area (Å²) in [5.74, 6) is 2.87. The van der Waals surface area contributed by atoms with Gasteiger partial charge in [0, 0.05) is 43.1 Å². The van der Waals surface area contributed by atoms with E-state index >= 15 is 0 Å². The molecule has 9 heteroatoms. The van der Waals surface area contributed by atoms with Gasteiger partial charge in [-0.1, -0.05) is 56.7 Å². The van der Waals surface area contributed by atoms with E-state index < -0.39 is 0 Å². The number of carbonyl (C=O) groups is 1. The van der Waals surface area contributed by atoms with Crippen LogP contribution >= 0.6 is 11.3 Å². The van der Waals surface area contributed by atoms with Crippen molar-refractivity contribution in [2.45, 2.75) is 109 Å². The number of benzene rings is 2. The maximum absolute atomic E-state index is 14.1. The van der Waals surface area contributed by atoms with Crippen LogP contribution in [0.2, 0.25) is 0 Å². The summed E-state index contributed by atoms with van der Waals surface area (Å²) < 4.78 is 11.4. The molecule has 8 nitrogen and oxygen atoms in total. The topological polar surface area (TPSA) is 93.3 Å². The maximum Gasteiger partial charge on any atom is 0.223 e. The molecule has 240 valence electrons. The minimum atomic E-state index is 0.158. The van der Waals surface area contributed by atoms with Crippen molar-refractivity contribution in [1.82, 2.24) is 14.8 Å². The highest BCUT2D eigenvalue weighted by atomic mass is 32.1. The molecule has 1 aliphatic heterocycles. The van der Waals surface area contributed by atoms with Crippen molar-refractivity contribution in [1.29, 1.82) is 0 Å². The van der Waals surface area contributed by atoms with E-state index in [2.05, 4.69) is 21.2 Å². The summed E-state index contributed by atoms with van der Waals surface area (Å²) in [6.45, 7) is 1.75. The van der Waals surface area contributed by atoms with E-state index in [4.69, 9.17) is 25.2 Å². The number of hydrogen-bond donors (Lipinski definition) is 1. The van der Waals surface area contributed by atoms with Crippen molar-refractivity contribution in [3.05, 3.63) is 70.2 Å². The third-order valence-electron chi connectivity index (χ3n) is 9.68. The lowest BCUT2D eigenvalue weighted by Crippen LogP contribution is -2.50. The van der Waals surface area contributed by atoms with Gasteiger partial charge in [0.05, 0.1) is 24.5 Å². The highest BCUT2D eigenvalue weighted by Crippen LogP contribution is 2.37. The lowest BCUT2D eigenvalue weighted by atomic mass is 9.81. The Balaban J connectivity index is 1.19. The number of nitrogens with zero attached hydrogens (tertiary/aromatic N) is 4.